The summed E-state index contributed by atoms with van der Waals surface area (Å²) in [5, 5.41) is 12.9. The molecular formula is C10H8N2O4S. The molecule has 6 nitrogen and oxygen atoms in total. The highest BCUT2D eigenvalue weighted by molar-refractivity contribution is 7.12. The number of aromatic nitrogens is 2. The maximum atomic E-state index is 11.4. The van der Waals surface area contributed by atoms with E-state index >= 15 is 0 Å². The summed E-state index contributed by atoms with van der Waals surface area (Å²) in [7, 11) is 0. The molecule has 0 radical (unpaired) electrons. The van der Waals surface area contributed by atoms with Gasteiger partial charge in [-0.05, 0) is 17.0 Å². The number of carboxylic acids is 1. The normalized spacial score (nSPS) is 10.4. The fourth-order valence-corrected chi connectivity index (χ4v) is 2.15. The zero-order valence-electron chi connectivity index (χ0n) is 8.54. The molecule has 0 aliphatic carbocycles. The Labute approximate surface area is 98.8 Å². The third-order valence-corrected chi connectivity index (χ3v) is 3.10. The first kappa shape index (κ1) is 11.3. The van der Waals surface area contributed by atoms with Crippen LogP contribution in [-0.4, -0.2) is 20.9 Å². The molecule has 2 aromatic rings. The number of carbonyl (C=O) groups is 1. The molecular weight excluding hydrogens is 244 g/mol. The minimum atomic E-state index is -1.04. The topological polar surface area (TPSA) is 92.2 Å². The third-order valence-electron chi connectivity index (χ3n) is 2.16. The molecule has 0 unspecified atom stereocenters. The van der Waals surface area contributed by atoms with Crippen molar-refractivity contribution in [3.05, 3.63) is 54.7 Å². The van der Waals surface area contributed by atoms with Crippen LogP contribution in [0.1, 0.15) is 15.2 Å². The molecule has 88 valence electrons. The van der Waals surface area contributed by atoms with E-state index in [0.717, 1.165) is 28.2 Å². The molecule has 2 N–H and O–H groups in total. The largest absolute Gasteiger partial charge is 0.477 e. The Morgan fingerprint density at radius 1 is 1.35 bits per heavy atom. The molecule has 0 atom stereocenters. The van der Waals surface area contributed by atoms with Gasteiger partial charge in [-0.1, -0.05) is 0 Å². The predicted octanol–water partition coefficient (Wildman–Crippen LogP) is 0.345. The van der Waals surface area contributed by atoms with Crippen molar-refractivity contribution in [3.63, 3.8) is 0 Å². The summed E-state index contributed by atoms with van der Waals surface area (Å²) in [6, 6.07) is 3.89. The number of hydrogen-bond acceptors (Lipinski definition) is 4. The second-order valence-corrected chi connectivity index (χ2v) is 4.23. The van der Waals surface area contributed by atoms with E-state index in [2.05, 4.69) is 5.10 Å². The highest BCUT2D eigenvalue weighted by atomic mass is 32.1. The van der Waals surface area contributed by atoms with E-state index in [1.54, 1.807) is 11.4 Å². The predicted molar refractivity (Wildman–Crippen MR) is 61.7 cm³/mol. The number of rotatable bonds is 3. The van der Waals surface area contributed by atoms with E-state index in [1.165, 1.54) is 0 Å². The smallest absolute Gasteiger partial charge is 0.346 e. The molecule has 0 aliphatic heterocycles. The van der Waals surface area contributed by atoms with Gasteiger partial charge in [0.1, 0.15) is 4.88 Å². The van der Waals surface area contributed by atoms with Crippen LogP contribution in [0.3, 0.4) is 0 Å². The minimum absolute atomic E-state index is 0.0417. The van der Waals surface area contributed by atoms with Crippen molar-refractivity contribution in [3.8, 4) is 0 Å². The molecule has 0 spiro atoms. The summed E-state index contributed by atoms with van der Waals surface area (Å²) >= 11 is 1.08. The molecule has 0 saturated heterocycles. The molecule has 0 aliphatic rings. The fraction of sp³-hybridized carbons (Fsp3) is 0.100. The van der Waals surface area contributed by atoms with E-state index in [0.29, 0.717) is 5.56 Å². The van der Waals surface area contributed by atoms with E-state index in [9.17, 15) is 14.4 Å². The number of thiophene rings is 1. The Balaban J connectivity index is 2.41. The number of nitrogens with one attached hydrogen (secondary N) is 1. The SMILES string of the molecule is O=C(O)c1sccc1Cn1[nH]c(=O)ccc1=O. The Morgan fingerprint density at radius 2 is 2.12 bits per heavy atom. The second-order valence-electron chi connectivity index (χ2n) is 3.31. The zero-order valence-corrected chi connectivity index (χ0v) is 9.36. The summed E-state index contributed by atoms with van der Waals surface area (Å²) in [4.78, 5) is 33.5. The average Bonchev–Trinajstić information content (AvgIpc) is 2.71. The van der Waals surface area contributed by atoms with Crippen LogP contribution >= 0.6 is 11.3 Å². The molecule has 7 heteroatoms. The summed E-state index contributed by atoms with van der Waals surface area (Å²) < 4.78 is 1.08. The van der Waals surface area contributed by atoms with Crippen molar-refractivity contribution in [1.82, 2.24) is 9.78 Å². The van der Waals surface area contributed by atoms with Crippen LogP contribution in [0.15, 0.2) is 33.2 Å². The quantitative estimate of drug-likeness (QED) is 0.824. The lowest BCUT2D eigenvalue weighted by atomic mass is 10.2. The minimum Gasteiger partial charge on any atom is -0.477 e. The van der Waals surface area contributed by atoms with Crippen LogP contribution < -0.4 is 11.1 Å². The van der Waals surface area contributed by atoms with Gasteiger partial charge in [0, 0.05) is 12.1 Å². The first-order valence-corrected chi connectivity index (χ1v) is 5.56. The highest BCUT2D eigenvalue weighted by Gasteiger charge is 2.12. The third kappa shape index (κ3) is 2.34. The van der Waals surface area contributed by atoms with E-state index in [4.69, 9.17) is 5.11 Å². The molecule has 0 fully saturated rings. The lowest BCUT2D eigenvalue weighted by molar-refractivity contribution is 0.0701. The standard InChI is InChI=1S/C10H8N2O4S/c13-7-1-2-8(14)12(11-7)5-6-3-4-17-9(6)10(15)16/h1-4H,5H2,(H,11,13)(H,15,16). The average molecular weight is 252 g/mol. The van der Waals surface area contributed by atoms with Gasteiger partial charge < -0.3 is 5.11 Å². The lowest BCUT2D eigenvalue weighted by Gasteiger charge is -2.03. The van der Waals surface area contributed by atoms with Gasteiger partial charge in [0.25, 0.3) is 11.1 Å². The molecule has 0 aromatic carbocycles. The number of nitrogens with zero attached hydrogens (tertiary/aromatic N) is 1. The summed E-state index contributed by atoms with van der Waals surface area (Å²) in [5.41, 5.74) is -0.296. The highest BCUT2D eigenvalue weighted by Crippen LogP contribution is 2.16. The number of H-pyrrole nitrogens is 1. The summed E-state index contributed by atoms with van der Waals surface area (Å²) in [6.45, 7) is 0.0417. The Hall–Kier alpha value is -2.15. The van der Waals surface area contributed by atoms with Gasteiger partial charge in [-0.2, -0.15) is 0 Å². The van der Waals surface area contributed by atoms with Crippen LogP contribution in [0, 0.1) is 0 Å². The molecule has 17 heavy (non-hydrogen) atoms. The fourth-order valence-electron chi connectivity index (χ4n) is 1.40. The van der Waals surface area contributed by atoms with Crippen LogP contribution in [0.4, 0.5) is 0 Å². The Kier molecular flexibility index (Phi) is 2.92. The number of carboxylic acid groups (broad SMARTS) is 1. The second kappa shape index (κ2) is 4.38. The van der Waals surface area contributed by atoms with Gasteiger partial charge in [0.15, 0.2) is 0 Å². The number of aromatic amines is 1. The zero-order chi connectivity index (χ0) is 12.4. The van der Waals surface area contributed by atoms with Crippen LogP contribution in [0.25, 0.3) is 0 Å². The van der Waals surface area contributed by atoms with Crippen molar-refractivity contribution in [2.75, 3.05) is 0 Å². The van der Waals surface area contributed by atoms with Crippen LogP contribution in [-0.2, 0) is 6.54 Å². The summed E-state index contributed by atoms with van der Waals surface area (Å²) in [5.74, 6) is -1.04. The van der Waals surface area contributed by atoms with Crippen molar-refractivity contribution in [1.29, 1.82) is 0 Å². The van der Waals surface area contributed by atoms with Gasteiger partial charge in [-0.15, -0.1) is 11.3 Å². The molecule has 2 rings (SSSR count). The van der Waals surface area contributed by atoms with E-state index in [-0.39, 0.29) is 17.0 Å². The van der Waals surface area contributed by atoms with Gasteiger partial charge >= 0.3 is 5.97 Å². The van der Waals surface area contributed by atoms with Gasteiger partial charge in [0.2, 0.25) is 0 Å². The maximum absolute atomic E-state index is 11.4. The molecule has 2 heterocycles. The maximum Gasteiger partial charge on any atom is 0.346 e. The first-order valence-electron chi connectivity index (χ1n) is 4.68. The van der Waals surface area contributed by atoms with Crippen molar-refractivity contribution >= 4 is 17.3 Å². The van der Waals surface area contributed by atoms with E-state index in [1.807, 2.05) is 0 Å². The Morgan fingerprint density at radius 3 is 2.82 bits per heavy atom. The summed E-state index contributed by atoms with van der Waals surface area (Å²) in [6.07, 6.45) is 0. The molecule has 2 aromatic heterocycles. The van der Waals surface area contributed by atoms with Crippen molar-refractivity contribution < 1.29 is 9.90 Å². The van der Waals surface area contributed by atoms with Crippen LogP contribution in [0.2, 0.25) is 0 Å². The lowest BCUT2D eigenvalue weighted by Crippen LogP contribution is -2.28. The monoisotopic (exact) mass is 252 g/mol. The van der Waals surface area contributed by atoms with E-state index < -0.39 is 11.5 Å². The van der Waals surface area contributed by atoms with Gasteiger partial charge in [-0.3, -0.25) is 14.7 Å². The number of hydrogen-bond donors (Lipinski definition) is 2. The molecule has 0 amide bonds. The van der Waals surface area contributed by atoms with Crippen molar-refractivity contribution in [2.45, 2.75) is 6.54 Å². The molecule has 0 bridgehead atoms. The van der Waals surface area contributed by atoms with Gasteiger partial charge in [0.05, 0.1) is 6.54 Å². The van der Waals surface area contributed by atoms with Gasteiger partial charge in [-0.25, -0.2) is 9.48 Å². The van der Waals surface area contributed by atoms with Crippen LogP contribution in [0.5, 0.6) is 0 Å². The Bertz CT molecular complexity index is 667. The number of aromatic carboxylic acids is 1. The van der Waals surface area contributed by atoms with Crippen molar-refractivity contribution in [2.24, 2.45) is 0 Å². The first-order chi connectivity index (χ1) is 8.08. The molecule has 0 saturated carbocycles.